The lowest BCUT2D eigenvalue weighted by molar-refractivity contribution is -0.0345. The quantitative estimate of drug-likeness (QED) is 0.354. The first kappa shape index (κ1) is 17.9. The Morgan fingerprint density at radius 1 is 1.14 bits per heavy atom. The number of aliphatic hydroxyl groups excluding tert-OH is 2. The highest BCUT2D eigenvalue weighted by Crippen LogP contribution is 2.31. The summed E-state index contributed by atoms with van der Waals surface area (Å²) < 4.78 is 9.30. The highest BCUT2D eigenvalue weighted by molar-refractivity contribution is 5.81. The Labute approximate surface area is 164 Å². The average molecular weight is 396 g/mol. The molecule has 0 bridgehead atoms. The maximum Gasteiger partial charge on any atom is 0.167 e. The van der Waals surface area contributed by atoms with Crippen molar-refractivity contribution in [2.75, 3.05) is 12.3 Å². The van der Waals surface area contributed by atoms with Crippen LogP contribution < -0.4 is 11.1 Å². The Balaban J connectivity index is 1.29. The lowest BCUT2D eigenvalue weighted by Gasteiger charge is -2.16. The summed E-state index contributed by atoms with van der Waals surface area (Å²) in [4.78, 5) is 12.3. The number of nitrogens with one attached hydrogen (secondary N) is 1. The topological polar surface area (TPSA) is 149 Å². The van der Waals surface area contributed by atoms with Crippen LogP contribution in [0.3, 0.4) is 0 Å². The van der Waals surface area contributed by atoms with Gasteiger partial charge in [-0.3, -0.25) is 14.6 Å². The van der Waals surface area contributed by atoms with Crippen LogP contribution in [0.25, 0.3) is 22.1 Å². The van der Waals surface area contributed by atoms with E-state index in [1.165, 1.54) is 12.7 Å². The fourth-order valence-electron chi connectivity index (χ4n) is 3.65. The molecule has 3 aromatic heterocycles. The molecule has 0 amide bonds. The summed E-state index contributed by atoms with van der Waals surface area (Å²) in [5.41, 5.74) is 7.68. The maximum atomic E-state index is 10.5. The van der Waals surface area contributed by atoms with E-state index in [4.69, 9.17) is 10.5 Å². The van der Waals surface area contributed by atoms with Crippen LogP contribution in [-0.4, -0.2) is 64.4 Å². The van der Waals surface area contributed by atoms with Crippen LogP contribution in [0.4, 0.5) is 5.82 Å². The lowest BCUT2D eigenvalue weighted by atomic mass is 10.1. The van der Waals surface area contributed by atoms with Crippen molar-refractivity contribution in [1.29, 1.82) is 0 Å². The molecule has 0 saturated carbocycles. The number of para-hydroxylation sites is 1. The normalized spacial score (nSPS) is 24.6. The molecule has 0 radical (unpaired) electrons. The van der Waals surface area contributed by atoms with E-state index in [9.17, 15) is 10.2 Å². The number of hydrogen-bond acceptors (Lipinski definition) is 9. The van der Waals surface area contributed by atoms with Gasteiger partial charge in [-0.05, 0) is 6.07 Å². The van der Waals surface area contributed by atoms with Crippen molar-refractivity contribution < 1.29 is 14.9 Å². The standard InChI is InChI=1S/C18H20N8O3/c19-16-13-17(22-7-21-16)25(9-23-13)18-15(28)14(27)12(29-18)6-20-8-26-11-4-2-1-3-10(11)5-24-26/h1-5,7,9,12,14-15,18,20,27-28H,6,8H2,(H2,19,21,22). The summed E-state index contributed by atoms with van der Waals surface area (Å²) in [6.45, 7) is 0.769. The molecular weight excluding hydrogens is 376 g/mol. The third-order valence-corrected chi connectivity index (χ3v) is 5.16. The Bertz CT molecular complexity index is 1160. The van der Waals surface area contributed by atoms with E-state index < -0.39 is 24.5 Å². The molecule has 5 N–H and O–H groups in total. The molecule has 4 heterocycles. The Kier molecular flexibility index (Phi) is 4.36. The van der Waals surface area contributed by atoms with Crippen LogP contribution >= 0.6 is 0 Å². The molecule has 4 unspecified atom stereocenters. The van der Waals surface area contributed by atoms with E-state index in [0.717, 1.165) is 10.9 Å². The van der Waals surface area contributed by atoms with E-state index in [2.05, 4.69) is 25.4 Å². The van der Waals surface area contributed by atoms with E-state index in [1.807, 2.05) is 28.9 Å². The van der Waals surface area contributed by atoms with Gasteiger partial charge in [-0.25, -0.2) is 15.0 Å². The second kappa shape index (κ2) is 7.04. The molecule has 0 aliphatic carbocycles. The number of aromatic nitrogens is 6. The van der Waals surface area contributed by atoms with Crippen LogP contribution in [0.1, 0.15) is 6.23 Å². The van der Waals surface area contributed by atoms with Gasteiger partial charge < -0.3 is 20.7 Å². The molecule has 11 nitrogen and oxygen atoms in total. The number of hydrogen-bond donors (Lipinski definition) is 4. The van der Waals surface area contributed by atoms with Gasteiger partial charge in [0.1, 0.15) is 30.2 Å². The van der Waals surface area contributed by atoms with Crippen molar-refractivity contribution in [3.63, 3.8) is 0 Å². The van der Waals surface area contributed by atoms with Gasteiger partial charge in [-0.1, -0.05) is 18.2 Å². The molecule has 1 fully saturated rings. The molecule has 150 valence electrons. The summed E-state index contributed by atoms with van der Waals surface area (Å²) in [5, 5.41) is 29.6. The van der Waals surface area contributed by atoms with Gasteiger partial charge in [-0.2, -0.15) is 5.10 Å². The van der Waals surface area contributed by atoms with Crippen molar-refractivity contribution in [3.05, 3.63) is 43.1 Å². The minimum atomic E-state index is -1.14. The fourth-order valence-corrected chi connectivity index (χ4v) is 3.65. The molecule has 1 saturated heterocycles. The molecule has 1 aliphatic heterocycles. The summed E-state index contributed by atoms with van der Waals surface area (Å²) in [7, 11) is 0. The van der Waals surface area contributed by atoms with Crippen LogP contribution in [0, 0.1) is 0 Å². The monoisotopic (exact) mass is 396 g/mol. The predicted octanol–water partition coefficient (Wildman–Crippen LogP) is -0.375. The third kappa shape index (κ3) is 3.00. The number of nitrogen functional groups attached to an aromatic ring is 1. The predicted molar refractivity (Wildman–Crippen MR) is 103 cm³/mol. The highest BCUT2D eigenvalue weighted by atomic mass is 16.6. The minimum absolute atomic E-state index is 0.242. The Morgan fingerprint density at radius 2 is 2.00 bits per heavy atom. The number of benzene rings is 1. The zero-order chi connectivity index (χ0) is 20.0. The fraction of sp³-hybridized carbons (Fsp3) is 0.333. The van der Waals surface area contributed by atoms with Gasteiger partial charge in [0, 0.05) is 11.9 Å². The van der Waals surface area contributed by atoms with E-state index in [1.54, 1.807) is 10.8 Å². The number of anilines is 1. The summed E-state index contributed by atoms with van der Waals surface area (Å²) in [5.74, 6) is 0.242. The molecule has 1 aromatic carbocycles. The number of nitrogens with zero attached hydrogens (tertiary/aromatic N) is 6. The molecule has 1 aliphatic rings. The zero-order valence-electron chi connectivity index (χ0n) is 15.3. The van der Waals surface area contributed by atoms with Crippen molar-refractivity contribution in [2.45, 2.75) is 31.2 Å². The average Bonchev–Trinajstić information content (AvgIpc) is 3.41. The van der Waals surface area contributed by atoms with Crippen LogP contribution in [0.5, 0.6) is 0 Å². The Morgan fingerprint density at radius 3 is 2.90 bits per heavy atom. The number of aliphatic hydroxyl groups is 2. The second-order valence-electron chi connectivity index (χ2n) is 6.94. The maximum absolute atomic E-state index is 10.5. The largest absolute Gasteiger partial charge is 0.387 e. The summed E-state index contributed by atoms with van der Waals surface area (Å²) in [6, 6.07) is 7.90. The molecule has 4 aromatic rings. The van der Waals surface area contributed by atoms with Crippen LogP contribution in [-0.2, 0) is 11.4 Å². The first-order valence-electron chi connectivity index (χ1n) is 9.19. The van der Waals surface area contributed by atoms with E-state index >= 15 is 0 Å². The number of nitrogens with two attached hydrogens (primary N) is 1. The lowest BCUT2D eigenvalue weighted by Crippen LogP contribution is -2.38. The van der Waals surface area contributed by atoms with Crippen molar-refractivity contribution >= 4 is 27.9 Å². The Hall–Kier alpha value is -3.12. The van der Waals surface area contributed by atoms with Gasteiger partial charge in [-0.15, -0.1) is 0 Å². The van der Waals surface area contributed by atoms with Gasteiger partial charge in [0.25, 0.3) is 0 Å². The first-order valence-corrected chi connectivity index (χ1v) is 9.19. The first-order chi connectivity index (χ1) is 14.1. The zero-order valence-corrected chi connectivity index (χ0v) is 15.3. The summed E-state index contributed by atoms with van der Waals surface area (Å²) in [6.07, 6.45) is 0.938. The van der Waals surface area contributed by atoms with E-state index in [0.29, 0.717) is 24.4 Å². The van der Waals surface area contributed by atoms with Crippen molar-refractivity contribution in [3.8, 4) is 0 Å². The number of fused-ring (bicyclic) bond motifs is 2. The molecule has 4 atom stereocenters. The molecule has 5 rings (SSSR count). The summed E-state index contributed by atoms with van der Waals surface area (Å²) >= 11 is 0. The second-order valence-corrected chi connectivity index (χ2v) is 6.94. The third-order valence-electron chi connectivity index (χ3n) is 5.16. The van der Waals surface area contributed by atoms with Gasteiger partial charge in [0.05, 0.1) is 24.7 Å². The minimum Gasteiger partial charge on any atom is -0.387 e. The van der Waals surface area contributed by atoms with Gasteiger partial charge >= 0.3 is 0 Å². The van der Waals surface area contributed by atoms with Gasteiger partial charge in [0.2, 0.25) is 0 Å². The molecule has 29 heavy (non-hydrogen) atoms. The van der Waals surface area contributed by atoms with Crippen molar-refractivity contribution in [2.24, 2.45) is 0 Å². The number of imidazole rings is 1. The number of rotatable bonds is 5. The SMILES string of the molecule is Nc1ncnc2c1ncn2C1OC(CNCn2ncc3ccccc32)C(O)C1O. The van der Waals surface area contributed by atoms with Crippen LogP contribution in [0.2, 0.25) is 0 Å². The van der Waals surface area contributed by atoms with Crippen LogP contribution in [0.15, 0.2) is 43.1 Å². The van der Waals surface area contributed by atoms with Crippen molar-refractivity contribution in [1.82, 2.24) is 34.6 Å². The molecule has 0 spiro atoms. The highest BCUT2D eigenvalue weighted by Gasteiger charge is 2.44. The molecule has 11 heteroatoms. The smallest absolute Gasteiger partial charge is 0.167 e. The molecular formula is C18H20N8O3. The number of ether oxygens (including phenoxy) is 1. The van der Waals surface area contributed by atoms with E-state index in [-0.39, 0.29) is 5.82 Å². The van der Waals surface area contributed by atoms with Gasteiger partial charge in [0.15, 0.2) is 17.7 Å².